The number of ketones is 1. The number of carbonyl (C=O) groups excluding carboxylic acids is 4. The monoisotopic (exact) mass is 795 g/mol. The third kappa shape index (κ3) is 8.42. The Morgan fingerprint density at radius 2 is 1.61 bits per heavy atom. The highest BCUT2D eigenvalue weighted by Gasteiger charge is 2.34. The van der Waals surface area contributed by atoms with E-state index in [2.05, 4.69) is 52.4 Å². The van der Waals surface area contributed by atoms with Crippen molar-refractivity contribution in [1.82, 2.24) is 25.0 Å². The number of benzene rings is 2. The predicted molar refractivity (Wildman–Crippen MR) is 193 cm³/mol. The van der Waals surface area contributed by atoms with Gasteiger partial charge < -0.3 is 30.4 Å². The van der Waals surface area contributed by atoms with Crippen LogP contribution in [0.4, 0.5) is 16.2 Å². The minimum absolute atomic E-state index is 0.0128. The van der Waals surface area contributed by atoms with Crippen molar-refractivity contribution in [1.29, 1.82) is 0 Å². The van der Waals surface area contributed by atoms with E-state index in [-0.39, 0.29) is 48.2 Å². The van der Waals surface area contributed by atoms with Crippen LogP contribution in [0, 0.1) is 0 Å². The molecule has 3 aliphatic heterocycles. The average Bonchev–Trinajstić information content (AvgIpc) is 3.28. The molecule has 6 rings (SSSR count). The zero-order valence-corrected chi connectivity index (χ0v) is 30.2. The standard InChI is InChI=1S/C35H39Br2N7O5/c36-27-19-24(20-28(37)34(27)48)33(47)30(39-31(45)22-41-15-17-42(18-16-41)25-5-10-38-11-6-25)21-32(46)43-12-8-26(9-13-43)44-14-7-23-3-1-2-4-29(23)40-35(44)49/h1-6,10-11,19-20,26,30,48H,7-9,12-18,21-22H2,(H,39,45)(H,40,49)/t30-/m0/s1. The van der Waals surface area contributed by atoms with Crippen molar-refractivity contribution in [3.63, 3.8) is 0 Å². The van der Waals surface area contributed by atoms with Crippen LogP contribution in [0.15, 0.2) is 69.9 Å². The van der Waals surface area contributed by atoms with Crippen LogP contribution in [0.25, 0.3) is 0 Å². The number of phenolic OH excluding ortho intramolecular Hbond substituents is 1. The Hall–Kier alpha value is -4.01. The second kappa shape index (κ2) is 15.7. The van der Waals surface area contributed by atoms with Gasteiger partial charge in [0.1, 0.15) is 11.8 Å². The van der Waals surface area contributed by atoms with Crippen LogP contribution in [-0.2, 0) is 16.0 Å². The third-order valence-corrected chi connectivity index (χ3v) is 10.7. The van der Waals surface area contributed by atoms with Crippen molar-refractivity contribution < 1.29 is 24.3 Å². The number of rotatable bonds is 9. The molecule has 0 unspecified atom stereocenters. The third-order valence-electron chi connectivity index (χ3n) is 9.50. The molecule has 0 radical (unpaired) electrons. The highest BCUT2D eigenvalue weighted by Crippen LogP contribution is 2.34. The number of hydrogen-bond acceptors (Lipinski definition) is 8. The number of carbonyl (C=O) groups is 4. The molecule has 4 heterocycles. The molecule has 49 heavy (non-hydrogen) atoms. The number of pyridine rings is 1. The second-order valence-corrected chi connectivity index (χ2v) is 14.3. The van der Waals surface area contributed by atoms with Gasteiger partial charge in [-0.3, -0.25) is 24.3 Å². The molecular formula is C35H39Br2N7O5. The van der Waals surface area contributed by atoms with Crippen molar-refractivity contribution in [2.75, 3.05) is 62.6 Å². The van der Waals surface area contributed by atoms with Crippen LogP contribution in [0.2, 0.25) is 0 Å². The van der Waals surface area contributed by atoms with E-state index in [1.54, 1.807) is 17.3 Å². The number of amides is 4. The summed E-state index contributed by atoms with van der Waals surface area (Å²) >= 11 is 6.56. The molecule has 3 N–H and O–H groups in total. The Morgan fingerprint density at radius 3 is 2.31 bits per heavy atom. The lowest BCUT2D eigenvalue weighted by atomic mass is 9.98. The lowest BCUT2D eigenvalue weighted by Gasteiger charge is -2.38. The van der Waals surface area contributed by atoms with Crippen LogP contribution in [0.5, 0.6) is 5.75 Å². The summed E-state index contributed by atoms with van der Waals surface area (Å²) in [5.74, 6) is -1.06. The Kier molecular flexibility index (Phi) is 11.2. The Balaban J connectivity index is 1.08. The fourth-order valence-corrected chi connectivity index (χ4v) is 7.94. The fraction of sp³-hybridized carbons (Fsp3) is 0.400. The summed E-state index contributed by atoms with van der Waals surface area (Å²) in [6, 6.07) is 13.5. The first kappa shape index (κ1) is 34.8. The van der Waals surface area contributed by atoms with Crippen molar-refractivity contribution in [3.8, 4) is 5.75 Å². The van der Waals surface area contributed by atoms with E-state index in [0.717, 1.165) is 36.4 Å². The first-order chi connectivity index (χ1) is 23.7. The number of likely N-dealkylation sites (tertiary alicyclic amines) is 1. The van der Waals surface area contributed by atoms with Gasteiger partial charge in [-0.15, -0.1) is 0 Å². The molecule has 0 aliphatic carbocycles. The molecule has 258 valence electrons. The first-order valence-electron chi connectivity index (χ1n) is 16.5. The number of nitrogens with one attached hydrogen (secondary N) is 2. The molecule has 2 aromatic carbocycles. The zero-order valence-electron chi connectivity index (χ0n) is 27.0. The fourth-order valence-electron chi connectivity index (χ4n) is 6.75. The minimum atomic E-state index is -1.10. The largest absolute Gasteiger partial charge is 0.506 e. The molecule has 3 aliphatic rings. The smallest absolute Gasteiger partial charge is 0.322 e. The first-order valence-corrected chi connectivity index (χ1v) is 18.1. The molecule has 0 spiro atoms. The predicted octanol–water partition coefficient (Wildman–Crippen LogP) is 4.27. The number of Topliss-reactive ketones (excluding diaryl/α,β-unsaturated/α-hetero) is 1. The van der Waals surface area contributed by atoms with Crippen LogP contribution in [-0.4, -0.2) is 113 Å². The van der Waals surface area contributed by atoms with Crippen LogP contribution in [0.1, 0.15) is 35.2 Å². The molecular weight excluding hydrogens is 758 g/mol. The number of phenols is 1. The number of nitrogens with zero attached hydrogens (tertiary/aromatic N) is 5. The van der Waals surface area contributed by atoms with Gasteiger partial charge in [0.15, 0.2) is 5.78 Å². The molecule has 1 aromatic heterocycles. The van der Waals surface area contributed by atoms with Gasteiger partial charge in [-0.1, -0.05) is 18.2 Å². The number of para-hydroxylation sites is 1. The summed E-state index contributed by atoms with van der Waals surface area (Å²) in [6.45, 7) is 4.40. The van der Waals surface area contributed by atoms with Crippen molar-refractivity contribution in [3.05, 3.63) is 81.0 Å². The van der Waals surface area contributed by atoms with Gasteiger partial charge in [-0.2, -0.15) is 0 Å². The van der Waals surface area contributed by atoms with E-state index in [9.17, 15) is 24.3 Å². The topological polar surface area (TPSA) is 138 Å². The summed E-state index contributed by atoms with van der Waals surface area (Å²) < 4.78 is 0.632. The van der Waals surface area contributed by atoms with Crippen molar-refractivity contribution >= 4 is 66.9 Å². The van der Waals surface area contributed by atoms with E-state index in [4.69, 9.17) is 0 Å². The van der Waals surface area contributed by atoms with Gasteiger partial charge in [-0.25, -0.2) is 4.79 Å². The highest BCUT2D eigenvalue weighted by molar-refractivity contribution is 9.11. The van der Waals surface area contributed by atoms with Crippen LogP contribution >= 0.6 is 31.9 Å². The number of hydrogen-bond donors (Lipinski definition) is 3. The summed E-state index contributed by atoms with van der Waals surface area (Å²) in [6.07, 6.45) is 5.29. The number of urea groups is 1. The number of halogens is 2. The van der Waals surface area contributed by atoms with E-state index >= 15 is 0 Å². The number of piperidine rings is 1. The molecule has 0 saturated carbocycles. The maximum Gasteiger partial charge on any atom is 0.322 e. The summed E-state index contributed by atoms with van der Waals surface area (Å²) in [4.78, 5) is 65.9. The number of aromatic hydroxyl groups is 1. The van der Waals surface area contributed by atoms with E-state index < -0.39 is 11.8 Å². The summed E-state index contributed by atoms with van der Waals surface area (Å²) in [5, 5.41) is 16.1. The molecule has 1 atom stereocenters. The summed E-state index contributed by atoms with van der Waals surface area (Å²) in [5.41, 5.74) is 3.26. The lowest BCUT2D eigenvalue weighted by molar-refractivity contribution is -0.133. The Morgan fingerprint density at radius 1 is 0.939 bits per heavy atom. The molecule has 3 aromatic rings. The molecule has 2 fully saturated rings. The lowest BCUT2D eigenvalue weighted by Crippen LogP contribution is -2.53. The number of fused-ring (bicyclic) bond motifs is 1. The quantitative estimate of drug-likeness (QED) is 0.273. The Labute approximate surface area is 302 Å². The van der Waals surface area contributed by atoms with Crippen molar-refractivity contribution in [2.45, 2.75) is 37.8 Å². The SMILES string of the molecule is O=C(CN1CCN(c2ccncc2)CC1)N[C@@H](CC(=O)N1CCC(N2CCc3ccccc3NC2=O)CC1)C(=O)c1cc(Br)c(O)c(Br)c1. The minimum Gasteiger partial charge on any atom is -0.506 e. The molecule has 4 amide bonds. The highest BCUT2D eigenvalue weighted by atomic mass is 79.9. The molecule has 12 nitrogen and oxygen atoms in total. The zero-order chi connectivity index (χ0) is 34.5. The maximum absolute atomic E-state index is 13.8. The van der Waals surface area contributed by atoms with Gasteiger partial charge in [0.05, 0.1) is 21.9 Å². The average molecular weight is 798 g/mol. The van der Waals surface area contributed by atoms with Gasteiger partial charge in [0.25, 0.3) is 0 Å². The number of piperazine rings is 1. The van der Waals surface area contributed by atoms with Crippen molar-refractivity contribution in [2.24, 2.45) is 0 Å². The van der Waals surface area contributed by atoms with E-state index in [1.165, 1.54) is 12.1 Å². The van der Waals surface area contributed by atoms with E-state index in [0.29, 0.717) is 54.5 Å². The number of aromatic nitrogens is 1. The summed E-state index contributed by atoms with van der Waals surface area (Å²) in [7, 11) is 0. The van der Waals surface area contributed by atoms with Gasteiger partial charge in [0, 0.05) is 81.2 Å². The van der Waals surface area contributed by atoms with Gasteiger partial charge >= 0.3 is 6.03 Å². The van der Waals surface area contributed by atoms with Gasteiger partial charge in [0.2, 0.25) is 11.8 Å². The maximum atomic E-state index is 13.8. The number of anilines is 2. The van der Waals surface area contributed by atoms with Crippen LogP contribution in [0.3, 0.4) is 0 Å². The Bertz CT molecular complexity index is 1670. The van der Waals surface area contributed by atoms with Gasteiger partial charge in [-0.05, 0) is 87.0 Å². The van der Waals surface area contributed by atoms with E-state index in [1.807, 2.05) is 46.2 Å². The normalized spacial score (nSPS) is 17.9. The van der Waals surface area contributed by atoms with Crippen LogP contribution < -0.4 is 15.5 Å². The second-order valence-electron chi connectivity index (χ2n) is 12.6. The molecule has 0 bridgehead atoms. The molecule has 14 heteroatoms. The molecule has 2 saturated heterocycles.